The van der Waals surface area contributed by atoms with Crippen molar-refractivity contribution < 1.29 is 28.9 Å². The van der Waals surface area contributed by atoms with Gasteiger partial charge in [0.1, 0.15) is 17.1 Å². The number of nitrogens with one attached hydrogen (secondary N) is 1. The molecule has 0 aromatic heterocycles. The standard InChI is InChI=1S/C12H12FNO5/c13-7-2-1-3-8(15)9(7)10(16)14-12(11(17)18)4-5-19-6-12/h1-3,15H,4-6H2,(H,14,16)(H,17,18). The average Bonchev–Trinajstić information content (AvgIpc) is 2.78. The number of carbonyl (C=O) groups excluding carboxylic acids is 1. The van der Waals surface area contributed by atoms with E-state index in [0.29, 0.717) is 0 Å². The number of phenolic OH excluding ortho intramolecular Hbond substituents is 1. The first-order valence-corrected chi connectivity index (χ1v) is 5.57. The van der Waals surface area contributed by atoms with Crippen LogP contribution in [0.15, 0.2) is 18.2 Å². The lowest BCUT2D eigenvalue weighted by atomic mass is 9.98. The van der Waals surface area contributed by atoms with Crippen molar-refractivity contribution >= 4 is 11.9 Å². The Morgan fingerprint density at radius 1 is 1.42 bits per heavy atom. The number of amides is 1. The Hall–Kier alpha value is -2.15. The van der Waals surface area contributed by atoms with Gasteiger partial charge in [0, 0.05) is 13.0 Å². The number of phenols is 1. The van der Waals surface area contributed by atoms with Crippen molar-refractivity contribution in [3.05, 3.63) is 29.6 Å². The SMILES string of the molecule is O=C(NC1(C(=O)O)CCOC1)c1c(O)cccc1F. The fourth-order valence-electron chi connectivity index (χ4n) is 1.90. The Morgan fingerprint density at radius 2 is 2.16 bits per heavy atom. The number of aromatic hydroxyl groups is 1. The molecule has 0 aliphatic carbocycles. The number of ether oxygens (including phenoxy) is 1. The maximum atomic E-state index is 13.5. The van der Waals surface area contributed by atoms with E-state index in [-0.39, 0.29) is 19.6 Å². The van der Waals surface area contributed by atoms with Crippen molar-refractivity contribution in [1.82, 2.24) is 5.32 Å². The van der Waals surface area contributed by atoms with Gasteiger partial charge in [-0.15, -0.1) is 0 Å². The highest BCUT2D eigenvalue weighted by atomic mass is 19.1. The van der Waals surface area contributed by atoms with E-state index >= 15 is 0 Å². The summed E-state index contributed by atoms with van der Waals surface area (Å²) < 4.78 is 18.5. The van der Waals surface area contributed by atoms with E-state index in [2.05, 4.69) is 5.32 Å². The highest BCUT2D eigenvalue weighted by Crippen LogP contribution is 2.23. The second kappa shape index (κ2) is 4.85. The van der Waals surface area contributed by atoms with Crippen LogP contribution in [0, 0.1) is 5.82 Å². The molecule has 6 nitrogen and oxygen atoms in total. The van der Waals surface area contributed by atoms with Crippen LogP contribution in [-0.4, -0.2) is 40.8 Å². The molecule has 1 atom stereocenters. The molecule has 1 aliphatic rings. The fraction of sp³-hybridized carbons (Fsp3) is 0.333. The van der Waals surface area contributed by atoms with Crippen molar-refractivity contribution in [3.8, 4) is 5.75 Å². The van der Waals surface area contributed by atoms with Crippen molar-refractivity contribution in [2.75, 3.05) is 13.2 Å². The van der Waals surface area contributed by atoms with E-state index < -0.39 is 34.5 Å². The molecule has 1 amide bonds. The predicted molar refractivity (Wildman–Crippen MR) is 61.3 cm³/mol. The summed E-state index contributed by atoms with van der Waals surface area (Å²) in [5, 5.41) is 20.9. The molecule has 1 aromatic rings. The number of rotatable bonds is 3. The molecule has 2 rings (SSSR count). The maximum absolute atomic E-state index is 13.5. The molecule has 3 N–H and O–H groups in total. The molecular formula is C12H12FNO5. The minimum atomic E-state index is -1.58. The van der Waals surface area contributed by atoms with Crippen LogP contribution >= 0.6 is 0 Å². The largest absolute Gasteiger partial charge is 0.507 e. The number of carboxylic acids is 1. The number of hydrogen-bond acceptors (Lipinski definition) is 4. The smallest absolute Gasteiger partial charge is 0.331 e. The summed E-state index contributed by atoms with van der Waals surface area (Å²) in [6.45, 7) is -0.000871. The molecule has 1 aliphatic heterocycles. The summed E-state index contributed by atoms with van der Waals surface area (Å²) in [5.41, 5.74) is -2.15. The summed E-state index contributed by atoms with van der Waals surface area (Å²) in [6, 6.07) is 3.40. The van der Waals surface area contributed by atoms with Gasteiger partial charge in [0.25, 0.3) is 5.91 Å². The first kappa shape index (κ1) is 13.3. The van der Waals surface area contributed by atoms with Crippen LogP contribution in [0.25, 0.3) is 0 Å². The molecule has 0 saturated carbocycles. The van der Waals surface area contributed by atoms with E-state index in [1.807, 2.05) is 0 Å². The van der Waals surface area contributed by atoms with E-state index in [9.17, 15) is 19.1 Å². The van der Waals surface area contributed by atoms with Gasteiger partial charge < -0.3 is 20.3 Å². The number of carboxylic acid groups (broad SMARTS) is 1. The van der Waals surface area contributed by atoms with E-state index in [4.69, 9.17) is 9.84 Å². The normalized spacial score (nSPS) is 22.2. The lowest BCUT2D eigenvalue weighted by Crippen LogP contribution is -2.55. The van der Waals surface area contributed by atoms with Crippen molar-refractivity contribution in [3.63, 3.8) is 0 Å². The van der Waals surface area contributed by atoms with Gasteiger partial charge in [-0.3, -0.25) is 4.79 Å². The Morgan fingerprint density at radius 3 is 2.68 bits per heavy atom. The van der Waals surface area contributed by atoms with Crippen LogP contribution in [0.1, 0.15) is 16.8 Å². The van der Waals surface area contributed by atoms with Crippen LogP contribution < -0.4 is 5.32 Å². The predicted octanol–water partition coefficient (Wildman–Crippen LogP) is 0.505. The molecule has 0 bridgehead atoms. The quantitative estimate of drug-likeness (QED) is 0.742. The van der Waals surface area contributed by atoms with Crippen LogP contribution in [0.2, 0.25) is 0 Å². The van der Waals surface area contributed by atoms with Gasteiger partial charge in [0.15, 0.2) is 5.54 Å². The Bertz CT molecular complexity index is 505. The van der Waals surface area contributed by atoms with E-state index in [1.54, 1.807) is 0 Å². The van der Waals surface area contributed by atoms with Crippen LogP contribution in [-0.2, 0) is 9.53 Å². The Kier molecular flexibility index (Phi) is 3.39. The lowest BCUT2D eigenvalue weighted by molar-refractivity contribution is -0.144. The third-order valence-electron chi connectivity index (χ3n) is 3.00. The molecule has 1 saturated heterocycles. The first-order chi connectivity index (χ1) is 8.96. The summed E-state index contributed by atoms with van der Waals surface area (Å²) in [5.74, 6) is -3.70. The molecule has 1 fully saturated rings. The molecule has 102 valence electrons. The van der Waals surface area contributed by atoms with Gasteiger partial charge >= 0.3 is 5.97 Å². The number of aliphatic carboxylic acids is 1. The monoisotopic (exact) mass is 269 g/mol. The summed E-state index contributed by atoms with van der Waals surface area (Å²) in [7, 11) is 0. The van der Waals surface area contributed by atoms with Gasteiger partial charge in [-0.2, -0.15) is 0 Å². The van der Waals surface area contributed by atoms with Gasteiger partial charge in [-0.25, -0.2) is 9.18 Å². The van der Waals surface area contributed by atoms with E-state index in [1.165, 1.54) is 6.07 Å². The van der Waals surface area contributed by atoms with Crippen molar-refractivity contribution in [2.24, 2.45) is 0 Å². The van der Waals surface area contributed by atoms with E-state index in [0.717, 1.165) is 12.1 Å². The van der Waals surface area contributed by atoms with Crippen molar-refractivity contribution in [2.45, 2.75) is 12.0 Å². The molecule has 0 spiro atoms. The maximum Gasteiger partial charge on any atom is 0.331 e. The summed E-state index contributed by atoms with van der Waals surface area (Å²) >= 11 is 0. The van der Waals surface area contributed by atoms with Gasteiger partial charge in [-0.05, 0) is 12.1 Å². The van der Waals surface area contributed by atoms with Crippen molar-refractivity contribution in [1.29, 1.82) is 0 Å². The van der Waals surface area contributed by atoms with Gasteiger partial charge in [0.05, 0.1) is 6.61 Å². The second-order valence-electron chi connectivity index (χ2n) is 4.28. The molecule has 0 radical (unpaired) electrons. The minimum Gasteiger partial charge on any atom is -0.507 e. The third-order valence-corrected chi connectivity index (χ3v) is 3.00. The zero-order valence-electron chi connectivity index (χ0n) is 9.85. The highest BCUT2D eigenvalue weighted by Gasteiger charge is 2.44. The van der Waals surface area contributed by atoms with Crippen LogP contribution in [0.3, 0.4) is 0 Å². The van der Waals surface area contributed by atoms with Crippen LogP contribution in [0.4, 0.5) is 4.39 Å². The highest BCUT2D eigenvalue weighted by molar-refractivity contribution is 6.00. The molecule has 19 heavy (non-hydrogen) atoms. The first-order valence-electron chi connectivity index (χ1n) is 5.57. The number of benzene rings is 1. The summed E-state index contributed by atoms with van der Waals surface area (Å²) in [4.78, 5) is 23.1. The lowest BCUT2D eigenvalue weighted by Gasteiger charge is -2.23. The number of hydrogen-bond donors (Lipinski definition) is 3. The number of carbonyl (C=O) groups is 2. The topological polar surface area (TPSA) is 95.9 Å². The van der Waals surface area contributed by atoms with Gasteiger partial charge in [0.2, 0.25) is 0 Å². The molecule has 1 heterocycles. The Labute approximate surface area is 107 Å². The molecule has 1 unspecified atom stereocenters. The zero-order chi connectivity index (χ0) is 14.0. The molecular weight excluding hydrogens is 257 g/mol. The Balaban J connectivity index is 2.28. The second-order valence-corrected chi connectivity index (χ2v) is 4.28. The number of halogens is 1. The minimum absolute atomic E-state index is 0.0866. The van der Waals surface area contributed by atoms with Crippen LogP contribution in [0.5, 0.6) is 5.75 Å². The summed E-state index contributed by atoms with van der Waals surface area (Å²) in [6.07, 6.45) is 0.0866. The molecule has 7 heteroatoms. The van der Waals surface area contributed by atoms with Gasteiger partial charge in [-0.1, -0.05) is 6.07 Å². The zero-order valence-corrected chi connectivity index (χ0v) is 9.85. The fourth-order valence-corrected chi connectivity index (χ4v) is 1.90. The molecule has 1 aromatic carbocycles. The third kappa shape index (κ3) is 2.37. The average molecular weight is 269 g/mol.